The molecular formula is C20H27NO4. The highest BCUT2D eigenvalue weighted by Crippen LogP contribution is 2.31. The normalized spacial score (nSPS) is 17.2. The first-order valence-electron chi connectivity index (χ1n) is 8.78. The Kier molecular flexibility index (Phi) is 5.65. The molecule has 5 heteroatoms. The van der Waals surface area contributed by atoms with E-state index < -0.39 is 29.5 Å². The monoisotopic (exact) mass is 345 g/mol. The highest BCUT2D eigenvalue weighted by atomic mass is 16.4. The van der Waals surface area contributed by atoms with Gasteiger partial charge in [-0.1, -0.05) is 52.0 Å². The quantitative estimate of drug-likeness (QED) is 0.851. The summed E-state index contributed by atoms with van der Waals surface area (Å²) in [6, 6.07) is 7.74. The third-order valence-corrected chi connectivity index (χ3v) is 4.97. The van der Waals surface area contributed by atoms with Gasteiger partial charge < -0.3 is 10.0 Å². The smallest absolute Gasteiger partial charge is 0.306 e. The molecule has 5 nitrogen and oxygen atoms in total. The van der Waals surface area contributed by atoms with Crippen molar-refractivity contribution in [3.05, 3.63) is 35.4 Å². The Morgan fingerprint density at radius 2 is 1.68 bits per heavy atom. The van der Waals surface area contributed by atoms with E-state index in [0.29, 0.717) is 25.9 Å². The molecule has 1 fully saturated rings. The zero-order valence-corrected chi connectivity index (χ0v) is 15.4. The average Bonchev–Trinajstić information content (AvgIpc) is 2.59. The highest BCUT2D eigenvalue weighted by Gasteiger charge is 2.33. The Bertz CT molecular complexity index is 667. The maximum absolute atomic E-state index is 12.7. The van der Waals surface area contributed by atoms with Gasteiger partial charge in [0.25, 0.3) is 5.91 Å². The molecule has 1 aromatic rings. The fourth-order valence-electron chi connectivity index (χ4n) is 3.37. The molecule has 1 saturated heterocycles. The molecule has 0 aliphatic carbocycles. The van der Waals surface area contributed by atoms with Gasteiger partial charge in [0.05, 0.1) is 5.92 Å². The number of Topliss-reactive ketones (excluding diaryl/α,β-unsaturated/α-hetero) is 1. The molecule has 1 heterocycles. The van der Waals surface area contributed by atoms with E-state index in [1.807, 2.05) is 24.3 Å². The third kappa shape index (κ3) is 4.27. The van der Waals surface area contributed by atoms with Crippen LogP contribution >= 0.6 is 0 Å². The number of nitrogens with zero attached hydrogens (tertiary/aromatic N) is 1. The van der Waals surface area contributed by atoms with Gasteiger partial charge in [-0.25, -0.2) is 0 Å². The number of piperidine rings is 1. The van der Waals surface area contributed by atoms with E-state index in [1.165, 1.54) is 4.90 Å². The fraction of sp³-hybridized carbons (Fsp3) is 0.550. The Labute approximate surface area is 149 Å². The number of aliphatic carboxylic acids is 1. The standard InChI is InChI=1S/C20H27NO4/c1-13(15-7-5-6-8-16(15)20(2,3)4)17(22)18(23)21-11-9-14(10-12-21)19(24)25/h5-8,13-14H,9-12H2,1-4H3,(H,24,25). The Hall–Kier alpha value is -2.17. The summed E-state index contributed by atoms with van der Waals surface area (Å²) in [4.78, 5) is 37.8. The number of carbonyl (C=O) groups is 3. The molecule has 0 aromatic heterocycles. The molecule has 1 amide bonds. The molecule has 1 aliphatic rings. The number of hydrogen-bond acceptors (Lipinski definition) is 3. The van der Waals surface area contributed by atoms with Gasteiger partial charge in [0, 0.05) is 19.0 Å². The third-order valence-electron chi connectivity index (χ3n) is 4.97. The van der Waals surface area contributed by atoms with Crippen molar-refractivity contribution in [2.75, 3.05) is 13.1 Å². The van der Waals surface area contributed by atoms with Crippen molar-refractivity contribution in [2.45, 2.75) is 51.9 Å². The second-order valence-corrected chi connectivity index (χ2v) is 7.83. The molecule has 0 spiro atoms. The van der Waals surface area contributed by atoms with E-state index in [0.717, 1.165) is 11.1 Å². The van der Waals surface area contributed by atoms with Crippen LogP contribution in [0.15, 0.2) is 24.3 Å². The molecule has 2 rings (SSSR count). The minimum absolute atomic E-state index is 0.117. The molecule has 0 bridgehead atoms. The maximum Gasteiger partial charge on any atom is 0.306 e. The molecule has 1 N–H and O–H groups in total. The van der Waals surface area contributed by atoms with Crippen molar-refractivity contribution in [3.63, 3.8) is 0 Å². The number of hydrogen-bond donors (Lipinski definition) is 1. The number of carbonyl (C=O) groups excluding carboxylic acids is 2. The second-order valence-electron chi connectivity index (χ2n) is 7.83. The predicted molar refractivity (Wildman–Crippen MR) is 95.5 cm³/mol. The van der Waals surface area contributed by atoms with Crippen molar-refractivity contribution in [3.8, 4) is 0 Å². The van der Waals surface area contributed by atoms with Gasteiger partial charge in [0.1, 0.15) is 0 Å². The van der Waals surface area contributed by atoms with E-state index in [-0.39, 0.29) is 5.41 Å². The van der Waals surface area contributed by atoms with Crippen LogP contribution in [0.25, 0.3) is 0 Å². The number of amides is 1. The number of rotatable bonds is 4. The van der Waals surface area contributed by atoms with Crippen LogP contribution in [0, 0.1) is 5.92 Å². The summed E-state index contributed by atoms with van der Waals surface area (Å²) < 4.78 is 0. The summed E-state index contributed by atoms with van der Waals surface area (Å²) >= 11 is 0. The number of benzene rings is 1. The molecular weight excluding hydrogens is 318 g/mol. The average molecular weight is 345 g/mol. The van der Waals surface area contributed by atoms with E-state index in [1.54, 1.807) is 6.92 Å². The summed E-state index contributed by atoms with van der Waals surface area (Å²) in [5, 5.41) is 9.05. The summed E-state index contributed by atoms with van der Waals surface area (Å²) in [6.45, 7) is 8.68. The van der Waals surface area contributed by atoms with Gasteiger partial charge in [0.15, 0.2) is 0 Å². The van der Waals surface area contributed by atoms with Crippen molar-refractivity contribution in [2.24, 2.45) is 5.92 Å². The van der Waals surface area contributed by atoms with Crippen LogP contribution in [0.1, 0.15) is 57.6 Å². The Morgan fingerprint density at radius 3 is 2.20 bits per heavy atom. The van der Waals surface area contributed by atoms with E-state index in [2.05, 4.69) is 20.8 Å². The maximum atomic E-state index is 12.7. The minimum Gasteiger partial charge on any atom is -0.481 e. The molecule has 1 unspecified atom stereocenters. The molecule has 136 valence electrons. The summed E-state index contributed by atoms with van der Waals surface area (Å²) in [6.07, 6.45) is 0.808. The lowest BCUT2D eigenvalue weighted by atomic mass is 9.79. The van der Waals surface area contributed by atoms with E-state index in [4.69, 9.17) is 5.11 Å². The fourth-order valence-corrected chi connectivity index (χ4v) is 3.37. The lowest BCUT2D eigenvalue weighted by Gasteiger charge is -2.31. The highest BCUT2D eigenvalue weighted by molar-refractivity contribution is 6.38. The molecule has 25 heavy (non-hydrogen) atoms. The zero-order chi connectivity index (χ0) is 18.8. The molecule has 1 aromatic carbocycles. The van der Waals surface area contributed by atoms with Crippen LogP contribution in [-0.4, -0.2) is 40.8 Å². The topological polar surface area (TPSA) is 74.7 Å². The largest absolute Gasteiger partial charge is 0.481 e. The van der Waals surface area contributed by atoms with Crippen molar-refractivity contribution >= 4 is 17.7 Å². The van der Waals surface area contributed by atoms with Gasteiger partial charge in [-0.3, -0.25) is 14.4 Å². The van der Waals surface area contributed by atoms with Crippen LogP contribution < -0.4 is 0 Å². The van der Waals surface area contributed by atoms with Crippen LogP contribution in [-0.2, 0) is 19.8 Å². The first-order chi connectivity index (χ1) is 11.6. The molecule has 1 aliphatic heterocycles. The van der Waals surface area contributed by atoms with E-state index >= 15 is 0 Å². The van der Waals surface area contributed by atoms with Gasteiger partial charge in [-0.05, 0) is 29.4 Å². The van der Waals surface area contributed by atoms with Crippen LogP contribution in [0.4, 0.5) is 0 Å². The van der Waals surface area contributed by atoms with Crippen LogP contribution in [0.3, 0.4) is 0 Å². The number of likely N-dealkylation sites (tertiary alicyclic amines) is 1. The Balaban J connectivity index is 2.13. The van der Waals surface area contributed by atoms with Crippen LogP contribution in [0.5, 0.6) is 0 Å². The Morgan fingerprint density at radius 1 is 1.12 bits per heavy atom. The second kappa shape index (κ2) is 7.38. The zero-order valence-electron chi connectivity index (χ0n) is 15.4. The van der Waals surface area contributed by atoms with Gasteiger partial charge >= 0.3 is 5.97 Å². The lowest BCUT2D eigenvalue weighted by molar-refractivity contribution is -0.149. The summed E-state index contributed by atoms with van der Waals surface area (Å²) in [5.74, 6) is -2.69. The molecule has 0 saturated carbocycles. The first kappa shape index (κ1) is 19.2. The van der Waals surface area contributed by atoms with Gasteiger partial charge in [-0.2, -0.15) is 0 Å². The molecule has 1 atom stereocenters. The van der Waals surface area contributed by atoms with Gasteiger partial charge in [0.2, 0.25) is 5.78 Å². The first-order valence-corrected chi connectivity index (χ1v) is 8.78. The summed E-state index contributed by atoms with van der Waals surface area (Å²) in [5.41, 5.74) is 1.83. The number of carboxylic acids is 1. The van der Waals surface area contributed by atoms with Crippen molar-refractivity contribution in [1.29, 1.82) is 0 Å². The summed E-state index contributed by atoms with van der Waals surface area (Å²) in [7, 11) is 0. The van der Waals surface area contributed by atoms with Crippen molar-refractivity contribution in [1.82, 2.24) is 4.90 Å². The lowest BCUT2D eigenvalue weighted by Crippen LogP contribution is -2.44. The predicted octanol–water partition coefficient (Wildman–Crippen LogP) is 2.98. The van der Waals surface area contributed by atoms with E-state index in [9.17, 15) is 14.4 Å². The SMILES string of the molecule is CC(C(=O)C(=O)N1CCC(C(=O)O)CC1)c1ccccc1C(C)(C)C. The number of carboxylic acid groups (broad SMARTS) is 1. The minimum atomic E-state index is -0.828. The van der Waals surface area contributed by atoms with Gasteiger partial charge in [-0.15, -0.1) is 0 Å². The van der Waals surface area contributed by atoms with Crippen LogP contribution in [0.2, 0.25) is 0 Å². The van der Waals surface area contributed by atoms with Crippen molar-refractivity contribution < 1.29 is 19.5 Å². The molecule has 0 radical (unpaired) electrons. The number of ketones is 1.